The number of benzene rings is 2. The minimum Gasteiger partial charge on any atom is -0.444 e. The lowest BCUT2D eigenvalue weighted by atomic mass is 9.79. The van der Waals surface area contributed by atoms with E-state index in [-0.39, 0.29) is 18.5 Å². The maximum Gasteiger partial charge on any atom is 0.410 e. The molecule has 2 aliphatic rings. The van der Waals surface area contributed by atoms with Crippen LogP contribution in [0.2, 0.25) is 15.1 Å². The first-order valence-electron chi connectivity index (χ1n) is 10.8. The number of hydrogen-bond donors (Lipinski definition) is 0. The van der Waals surface area contributed by atoms with Crippen molar-refractivity contribution in [2.75, 3.05) is 19.6 Å². The molecule has 1 fully saturated rings. The number of alkyl halides is 1. The molecule has 1 amide bonds. The zero-order chi connectivity index (χ0) is 24.2. The normalized spacial score (nSPS) is 22.1. The Morgan fingerprint density at radius 1 is 1.06 bits per heavy atom. The molecule has 8 heteroatoms. The molecule has 2 aliphatic heterocycles. The summed E-state index contributed by atoms with van der Waals surface area (Å²) in [5, 5.41) is 1.20. The number of hydrogen-bond acceptors (Lipinski definition) is 3. The van der Waals surface area contributed by atoms with Crippen LogP contribution in [0.4, 0.5) is 9.18 Å². The Balaban J connectivity index is 1.43. The maximum atomic E-state index is 15.3. The molecule has 0 radical (unpaired) electrons. The van der Waals surface area contributed by atoms with Crippen molar-refractivity contribution in [1.82, 2.24) is 4.90 Å². The summed E-state index contributed by atoms with van der Waals surface area (Å²) < 4.78 is 20.6. The van der Waals surface area contributed by atoms with Crippen molar-refractivity contribution in [3.8, 4) is 0 Å². The van der Waals surface area contributed by atoms with Crippen molar-refractivity contribution >= 4 is 46.6 Å². The van der Waals surface area contributed by atoms with Gasteiger partial charge in [0.1, 0.15) is 5.60 Å². The molecule has 1 unspecified atom stereocenters. The number of amides is 1. The average molecular weight is 512 g/mol. The Labute approximate surface area is 208 Å². The van der Waals surface area contributed by atoms with Crippen LogP contribution in [0.15, 0.2) is 41.4 Å². The molecular weight excluding hydrogens is 486 g/mol. The minimum atomic E-state index is -1.57. The molecule has 2 heterocycles. The fourth-order valence-electron chi connectivity index (χ4n) is 4.20. The second kappa shape index (κ2) is 8.44. The Morgan fingerprint density at radius 2 is 1.64 bits per heavy atom. The van der Waals surface area contributed by atoms with Crippen LogP contribution in [-0.2, 0) is 15.8 Å². The van der Waals surface area contributed by atoms with Crippen molar-refractivity contribution in [2.45, 2.75) is 50.8 Å². The molecule has 0 spiro atoms. The van der Waals surface area contributed by atoms with Gasteiger partial charge in [-0.15, -0.1) is 0 Å². The van der Waals surface area contributed by atoms with E-state index in [0.717, 1.165) is 16.8 Å². The summed E-state index contributed by atoms with van der Waals surface area (Å²) >= 11 is 18.6. The SMILES string of the molecule is CC(C)(C)OC(=O)N1CC(F)(c2ccc(C3=NCC(C)(c4cc(Cl)c(Cl)c(Cl)c4)C3)cc2)C1. The molecule has 1 saturated heterocycles. The number of nitrogens with zero attached hydrogens (tertiary/aromatic N) is 2. The smallest absolute Gasteiger partial charge is 0.410 e. The molecule has 0 saturated carbocycles. The van der Waals surface area contributed by atoms with Crippen LogP contribution in [0.5, 0.6) is 0 Å². The molecule has 4 rings (SSSR count). The Kier molecular flexibility index (Phi) is 6.22. The minimum absolute atomic E-state index is 0.0155. The highest BCUT2D eigenvalue weighted by Gasteiger charge is 2.48. The molecule has 33 heavy (non-hydrogen) atoms. The summed E-state index contributed by atoms with van der Waals surface area (Å²) in [4.78, 5) is 18.3. The first-order chi connectivity index (χ1) is 15.3. The van der Waals surface area contributed by atoms with Gasteiger partial charge >= 0.3 is 6.09 Å². The Bertz CT molecular complexity index is 1100. The van der Waals surface area contributed by atoms with Gasteiger partial charge in [-0.3, -0.25) is 4.99 Å². The van der Waals surface area contributed by atoms with E-state index in [4.69, 9.17) is 44.5 Å². The van der Waals surface area contributed by atoms with Gasteiger partial charge in [-0.25, -0.2) is 9.18 Å². The molecule has 2 aromatic carbocycles. The highest BCUT2D eigenvalue weighted by atomic mass is 35.5. The summed E-state index contributed by atoms with van der Waals surface area (Å²) in [7, 11) is 0. The lowest BCUT2D eigenvalue weighted by Gasteiger charge is -2.44. The van der Waals surface area contributed by atoms with E-state index in [9.17, 15) is 4.79 Å². The molecule has 0 bridgehead atoms. The van der Waals surface area contributed by atoms with Gasteiger partial charge in [-0.1, -0.05) is 66.0 Å². The van der Waals surface area contributed by atoms with Crippen molar-refractivity contribution in [2.24, 2.45) is 4.99 Å². The van der Waals surface area contributed by atoms with E-state index in [0.29, 0.717) is 33.6 Å². The van der Waals surface area contributed by atoms with Gasteiger partial charge in [0.05, 0.1) is 28.2 Å². The molecule has 0 N–H and O–H groups in total. The van der Waals surface area contributed by atoms with E-state index in [1.807, 2.05) is 24.3 Å². The highest BCUT2D eigenvalue weighted by Crippen LogP contribution is 2.41. The quantitative estimate of drug-likeness (QED) is 0.408. The second-order valence-electron chi connectivity index (χ2n) is 10.1. The van der Waals surface area contributed by atoms with Crippen LogP contribution in [0.3, 0.4) is 0 Å². The van der Waals surface area contributed by atoms with Gasteiger partial charge in [-0.05, 0) is 49.6 Å². The van der Waals surface area contributed by atoms with E-state index in [1.165, 1.54) is 4.90 Å². The fourth-order valence-corrected chi connectivity index (χ4v) is 4.80. The van der Waals surface area contributed by atoms with Crippen LogP contribution in [0, 0.1) is 0 Å². The highest BCUT2D eigenvalue weighted by molar-refractivity contribution is 6.48. The maximum absolute atomic E-state index is 15.3. The Hall–Kier alpha value is -1.82. The number of aliphatic imine (C=N–C) groups is 1. The van der Waals surface area contributed by atoms with Crippen LogP contribution >= 0.6 is 34.8 Å². The van der Waals surface area contributed by atoms with Gasteiger partial charge in [0.25, 0.3) is 0 Å². The number of ether oxygens (including phenoxy) is 1. The summed E-state index contributed by atoms with van der Waals surface area (Å²) in [5.41, 5.74) is 0.990. The first kappa shape index (κ1) is 24.3. The molecule has 0 aliphatic carbocycles. The molecular formula is C25H26Cl3FN2O2. The molecule has 176 valence electrons. The van der Waals surface area contributed by atoms with Gasteiger partial charge in [0.15, 0.2) is 5.67 Å². The number of carbonyl (C=O) groups excluding carboxylic acids is 1. The zero-order valence-electron chi connectivity index (χ0n) is 19.0. The third-order valence-electron chi connectivity index (χ3n) is 6.13. The lowest BCUT2D eigenvalue weighted by molar-refractivity contribution is -0.0537. The third kappa shape index (κ3) is 4.87. The van der Waals surface area contributed by atoms with Crippen molar-refractivity contribution in [3.05, 3.63) is 68.2 Å². The van der Waals surface area contributed by atoms with Gasteiger partial charge in [0, 0.05) is 24.1 Å². The number of carbonyl (C=O) groups is 1. The van der Waals surface area contributed by atoms with Gasteiger partial charge in [0.2, 0.25) is 0 Å². The summed E-state index contributed by atoms with van der Waals surface area (Å²) in [6, 6.07) is 11.0. The standard InChI is InChI=1S/C25H26Cl3FN2O2/c1-23(2,3)33-22(32)31-13-25(29,14-31)16-7-5-15(6-8-16)20-11-24(4,12-30-20)17-9-18(26)21(28)19(27)10-17/h5-10H,11-14H2,1-4H3. The van der Waals surface area contributed by atoms with Crippen LogP contribution in [0.25, 0.3) is 0 Å². The molecule has 0 aromatic heterocycles. The number of likely N-dealkylation sites (tertiary alicyclic amines) is 1. The zero-order valence-corrected chi connectivity index (χ0v) is 21.3. The van der Waals surface area contributed by atoms with Crippen LogP contribution in [0.1, 0.15) is 50.8 Å². The van der Waals surface area contributed by atoms with Crippen LogP contribution in [-0.4, -0.2) is 41.9 Å². The topological polar surface area (TPSA) is 41.9 Å². The number of halogens is 4. The van der Waals surface area contributed by atoms with E-state index in [1.54, 1.807) is 32.9 Å². The van der Waals surface area contributed by atoms with Crippen molar-refractivity contribution in [1.29, 1.82) is 0 Å². The summed E-state index contributed by atoms with van der Waals surface area (Å²) in [6.45, 7) is 8.05. The van der Waals surface area contributed by atoms with E-state index < -0.39 is 17.4 Å². The first-order valence-corrected chi connectivity index (χ1v) is 11.9. The van der Waals surface area contributed by atoms with E-state index in [2.05, 4.69) is 6.92 Å². The van der Waals surface area contributed by atoms with Gasteiger partial charge < -0.3 is 9.64 Å². The largest absolute Gasteiger partial charge is 0.444 e. The van der Waals surface area contributed by atoms with Gasteiger partial charge in [-0.2, -0.15) is 0 Å². The van der Waals surface area contributed by atoms with Crippen molar-refractivity contribution in [3.63, 3.8) is 0 Å². The summed E-state index contributed by atoms with van der Waals surface area (Å²) in [5.74, 6) is 0. The fraction of sp³-hybridized carbons (Fsp3) is 0.440. The van der Waals surface area contributed by atoms with Crippen LogP contribution < -0.4 is 0 Å². The summed E-state index contributed by atoms with van der Waals surface area (Å²) in [6.07, 6.45) is 0.211. The average Bonchev–Trinajstić information content (AvgIpc) is 3.11. The number of rotatable bonds is 3. The predicted octanol–water partition coefficient (Wildman–Crippen LogP) is 7.21. The molecule has 2 aromatic rings. The molecule has 4 nitrogen and oxygen atoms in total. The second-order valence-corrected chi connectivity index (χ2v) is 11.3. The monoisotopic (exact) mass is 510 g/mol. The van der Waals surface area contributed by atoms with E-state index >= 15 is 4.39 Å². The van der Waals surface area contributed by atoms with Crippen molar-refractivity contribution < 1.29 is 13.9 Å². The lowest BCUT2D eigenvalue weighted by Crippen LogP contribution is -2.59. The Morgan fingerprint density at radius 3 is 2.18 bits per heavy atom. The predicted molar refractivity (Wildman–Crippen MR) is 132 cm³/mol. The molecule has 1 atom stereocenters. The third-order valence-corrected chi connectivity index (χ3v) is 7.32.